The molecule has 0 unspecified atom stereocenters. The van der Waals surface area contributed by atoms with Gasteiger partial charge in [-0.15, -0.1) is 0 Å². The van der Waals surface area contributed by atoms with Crippen molar-refractivity contribution < 1.29 is 19.2 Å². The van der Waals surface area contributed by atoms with Crippen LogP contribution in [0.1, 0.15) is 30.6 Å². The van der Waals surface area contributed by atoms with Gasteiger partial charge >= 0.3 is 5.97 Å². The first-order valence-electron chi connectivity index (χ1n) is 6.23. The predicted octanol–water partition coefficient (Wildman–Crippen LogP) is 2.32. The standard InChI is InChI=1S/C13H15ClN2O5/c1-8(2)21-12(17)5-6-15-13(18)10-4-3-9(14)7-11(10)16(19)20/h3-4,7-8H,5-6H2,1-2H3,(H,15,18). The number of hydrogen-bond donors (Lipinski definition) is 1. The van der Waals surface area contributed by atoms with E-state index in [-0.39, 0.29) is 35.3 Å². The summed E-state index contributed by atoms with van der Waals surface area (Å²) in [5, 5.41) is 13.5. The summed E-state index contributed by atoms with van der Waals surface area (Å²) in [5.74, 6) is -1.09. The van der Waals surface area contributed by atoms with Crippen LogP contribution in [0.2, 0.25) is 5.02 Å². The number of rotatable bonds is 6. The first kappa shape index (κ1) is 16.9. The molecule has 0 aliphatic rings. The monoisotopic (exact) mass is 314 g/mol. The van der Waals surface area contributed by atoms with Crippen LogP contribution in [0.15, 0.2) is 18.2 Å². The topological polar surface area (TPSA) is 98.5 Å². The van der Waals surface area contributed by atoms with Gasteiger partial charge in [0.2, 0.25) is 0 Å². The number of nitrogens with one attached hydrogen (secondary N) is 1. The number of amides is 1. The van der Waals surface area contributed by atoms with Gasteiger partial charge in [0.1, 0.15) is 5.56 Å². The van der Waals surface area contributed by atoms with E-state index >= 15 is 0 Å². The first-order valence-corrected chi connectivity index (χ1v) is 6.60. The van der Waals surface area contributed by atoms with E-state index in [2.05, 4.69) is 5.32 Å². The van der Waals surface area contributed by atoms with E-state index in [9.17, 15) is 19.7 Å². The maximum atomic E-state index is 11.9. The number of carbonyl (C=O) groups is 2. The summed E-state index contributed by atoms with van der Waals surface area (Å²) in [6, 6.07) is 3.75. The van der Waals surface area contributed by atoms with Crippen LogP contribution < -0.4 is 5.32 Å². The Morgan fingerprint density at radius 1 is 1.43 bits per heavy atom. The number of ether oxygens (including phenoxy) is 1. The van der Waals surface area contributed by atoms with Gasteiger partial charge in [-0.05, 0) is 26.0 Å². The SMILES string of the molecule is CC(C)OC(=O)CCNC(=O)c1ccc(Cl)cc1[N+](=O)[O-]. The second-order valence-electron chi connectivity index (χ2n) is 4.46. The Kier molecular flexibility index (Phi) is 6.10. The number of esters is 1. The van der Waals surface area contributed by atoms with Gasteiger partial charge in [-0.2, -0.15) is 0 Å². The van der Waals surface area contributed by atoms with Crippen molar-refractivity contribution in [3.05, 3.63) is 38.9 Å². The smallest absolute Gasteiger partial charge is 0.307 e. The molecule has 114 valence electrons. The van der Waals surface area contributed by atoms with Gasteiger partial charge in [-0.1, -0.05) is 11.6 Å². The van der Waals surface area contributed by atoms with Gasteiger partial charge in [0.15, 0.2) is 0 Å². The minimum atomic E-state index is -0.687. The van der Waals surface area contributed by atoms with Crippen molar-refractivity contribution in [3.63, 3.8) is 0 Å². The van der Waals surface area contributed by atoms with Crippen LogP contribution in [-0.2, 0) is 9.53 Å². The lowest BCUT2D eigenvalue weighted by molar-refractivity contribution is -0.385. The van der Waals surface area contributed by atoms with Crippen LogP contribution in [0.25, 0.3) is 0 Å². The first-order chi connectivity index (χ1) is 9.81. The zero-order valence-electron chi connectivity index (χ0n) is 11.6. The molecule has 1 rings (SSSR count). The third kappa shape index (κ3) is 5.39. The lowest BCUT2D eigenvalue weighted by atomic mass is 10.1. The average molecular weight is 315 g/mol. The van der Waals surface area contributed by atoms with Gasteiger partial charge in [-0.25, -0.2) is 0 Å². The molecule has 0 saturated heterocycles. The van der Waals surface area contributed by atoms with Crippen LogP contribution in [-0.4, -0.2) is 29.4 Å². The van der Waals surface area contributed by atoms with Crippen LogP contribution in [0.4, 0.5) is 5.69 Å². The van der Waals surface area contributed by atoms with Crippen LogP contribution in [0.5, 0.6) is 0 Å². The number of carbonyl (C=O) groups excluding carboxylic acids is 2. The fourth-order valence-corrected chi connectivity index (χ4v) is 1.71. The molecule has 0 atom stereocenters. The number of nitro benzene ring substituents is 1. The summed E-state index contributed by atoms with van der Waals surface area (Å²) in [6.07, 6.45) is -0.240. The van der Waals surface area contributed by atoms with E-state index in [1.54, 1.807) is 13.8 Å². The number of nitrogens with zero attached hydrogens (tertiary/aromatic N) is 1. The third-order valence-electron chi connectivity index (χ3n) is 2.38. The highest BCUT2D eigenvalue weighted by Crippen LogP contribution is 2.23. The maximum Gasteiger partial charge on any atom is 0.307 e. The molecule has 0 heterocycles. The molecule has 1 aromatic carbocycles. The third-order valence-corrected chi connectivity index (χ3v) is 2.62. The van der Waals surface area contributed by atoms with Crippen LogP contribution in [0, 0.1) is 10.1 Å². The van der Waals surface area contributed by atoms with E-state index in [0.29, 0.717) is 0 Å². The molecule has 0 saturated carbocycles. The highest BCUT2D eigenvalue weighted by atomic mass is 35.5. The zero-order valence-corrected chi connectivity index (χ0v) is 12.3. The lowest BCUT2D eigenvalue weighted by Crippen LogP contribution is -2.27. The molecule has 0 fully saturated rings. The van der Waals surface area contributed by atoms with Crippen LogP contribution in [0.3, 0.4) is 0 Å². The largest absolute Gasteiger partial charge is 0.463 e. The molecule has 1 aromatic rings. The highest BCUT2D eigenvalue weighted by Gasteiger charge is 2.20. The maximum absolute atomic E-state index is 11.9. The van der Waals surface area contributed by atoms with E-state index in [4.69, 9.17) is 16.3 Å². The van der Waals surface area contributed by atoms with Gasteiger partial charge in [0.25, 0.3) is 11.6 Å². The fraction of sp³-hybridized carbons (Fsp3) is 0.385. The van der Waals surface area contributed by atoms with Crippen molar-refractivity contribution in [3.8, 4) is 0 Å². The Morgan fingerprint density at radius 3 is 2.67 bits per heavy atom. The Balaban J connectivity index is 2.64. The van der Waals surface area contributed by atoms with Crippen molar-refractivity contribution >= 4 is 29.2 Å². The number of nitro groups is 1. The summed E-state index contributed by atoms with van der Waals surface area (Å²) in [5.41, 5.74) is -0.494. The van der Waals surface area contributed by atoms with Gasteiger partial charge < -0.3 is 10.1 Å². The molecule has 0 aromatic heterocycles. The lowest BCUT2D eigenvalue weighted by Gasteiger charge is -2.08. The molecule has 21 heavy (non-hydrogen) atoms. The second-order valence-corrected chi connectivity index (χ2v) is 4.90. The molecule has 8 heteroatoms. The molecular formula is C13H15ClN2O5. The normalized spacial score (nSPS) is 10.3. The summed E-state index contributed by atoms with van der Waals surface area (Å²) < 4.78 is 4.90. The van der Waals surface area contributed by atoms with Crippen LogP contribution >= 0.6 is 11.6 Å². The van der Waals surface area contributed by atoms with Gasteiger partial charge in [0.05, 0.1) is 17.4 Å². The molecule has 0 spiro atoms. The van der Waals surface area contributed by atoms with Crippen molar-refractivity contribution in [2.45, 2.75) is 26.4 Å². The minimum absolute atomic E-state index is 0.00862. The molecule has 1 amide bonds. The Bertz CT molecular complexity index is 559. The van der Waals surface area contributed by atoms with Crippen molar-refractivity contribution in [1.82, 2.24) is 5.32 Å². The quantitative estimate of drug-likeness (QED) is 0.493. The van der Waals surface area contributed by atoms with E-state index in [0.717, 1.165) is 6.07 Å². The highest BCUT2D eigenvalue weighted by molar-refractivity contribution is 6.31. The van der Waals surface area contributed by atoms with E-state index in [1.807, 2.05) is 0 Å². The van der Waals surface area contributed by atoms with Crippen molar-refractivity contribution in [1.29, 1.82) is 0 Å². The Labute approximate surface area is 126 Å². The minimum Gasteiger partial charge on any atom is -0.463 e. The fourth-order valence-electron chi connectivity index (χ4n) is 1.54. The molecule has 7 nitrogen and oxygen atoms in total. The Hall–Kier alpha value is -2.15. The van der Waals surface area contributed by atoms with E-state index in [1.165, 1.54) is 12.1 Å². The molecule has 1 N–H and O–H groups in total. The van der Waals surface area contributed by atoms with Gasteiger partial charge in [-0.3, -0.25) is 19.7 Å². The number of benzene rings is 1. The molecule has 0 bridgehead atoms. The summed E-state index contributed by atoms with van der Waals surface area (Å²) in [6.45, 7) is 3.46. The van der Waals surface area contributed by atoms with Gasteiger partial charge in [0, 0.05) is 17.6 Å². The molecule has 0 aliphatic carbocycles. The summed E-state index contributed by atoms with van der Waals surface area (Å²) in [4.78, 5) is 33.4. The zero-order chi connectivity index (χ0) is 16.0. The summed E-state index contributed by atoms with van der Waals surface area (Å²) in [7, 11) is 0. The van der Waals surface area contributed by atoms with Crippen molar-refractivity contribution in [2.75, 3.05) is 6.54 Å². The number of halogens is 1. The predicted molar refractivity (Wildman–Crippen MR) is 76.3 cm³/mol. The number of hydrogen-bond acceptors (Lipinski definition) is 5. The molecule has 0 aliphatic heterocycles. The second kappa shape index (κ2) is 7.58. The summed E-state index contributed by atoms with van der Waals surface area (Å²) >= 11 is 5.66. The van der Waals surface area contributed by atoms with E-state index < -0.39 is 16.8 Å². The average Bonchev–Trinajstić information content (AvgIpc) is 2.37. The van der Waals surface area contributed by atoms with Crippen molar-refractivity contribution in [2.24, 2.45) is 0 Å². The molecular weight excluding hydrogens is 300 g/mol. The molecule has 0 radical (unpaired) electrons. The Morgan fingerprint density at radius 2 is 2.10 bits per heavy atom.